The second-order valence-corrected chi connectivity index (χ2v) is 4.83. The van der Waals surface area contributed by atoms with Gasteiger partial charge in [0.05, 0.1) is 10.1 Å². The predicted octanol–water partition coefficient (Wildman–Crippen LogP) is 1.70. The summed E-state index contributed by atoms with van der Waals surface area (Å²) >= 11 is 3.32. The second-order valence-electron chi connectivity index (χ2n) is 3.91. The number of hydrogen-bond donors (Lipinski definition) is 2. The molecule has 2 heterocycles. The van der Waals surface area contributed by atoms with Crippen LogP contribution in [0, 0.1) is 0 Å². The van der Waals surface area contributed by atoms with Crippen LogP contribution in [0.2, 0.25) is 0 Å². The summed E-state index contributed by atoms with van der Waals surface area (Å²) in [7, 11) is 0. The van der Waals surface area contributed by atoms with E-state index >= 15 is 0 Å². The highest BCUT2D eigenvalue weighted by molar-refractivity contribution is 9.10. The Bertz CT molecular complexity index is 305. The summed E-state index contributed by atoms with van der Waals surface area (Å²) in [5.74, 6) is 0.836. The fourth-order valence-electron chi connectivity index (χ4n) is 1.87. The fourth-order valence-corrected chi connectivity index (χ4v) is 2.22. The van der Waals surface area contributed by atoms with Crippen LogP contribution in [0.25, 0.3) is 0 Å². The van der Waals surface area contributed by atoms with E-state index in [4.69, 9.17) is 4.42 Å². The lowest BCUT2D eigenvalue weighted by atomic mass is 9.90. The van der Waals surface area contributed by atoms with Gasteiger partial charge in [0.15, 0.2) is 0 Å². The Morgan fingerprint density at radius 3 is 3.07 bits per heavy atom. The third-order valence-corrected chi connectivity index (χ3v) is 2.99. The van der Waals surface area contributed by atoms with Crippen molar-refractivity contribution in [3.8, 4) is 0 Å². The zero-order chi connectivity index (χ0) is 10.0. The van der Waals surface area contributed by atoms with Gasteiger partial charge >= 0.3 is 0 Å². The zero-order valence-corrected chi connectivity index (χ0v) is 9.51. The minimum atomic E-state index is -0.629. The molecule has 14 heavy (non-hydrogen) atoms. The van der Waals surface area contributed by atoms with E-state index in [9.17, 15) is 5.11 Å². The van der Waals surface area contributed by atoms with Crippen LogP contribution < -0.4 is 5.32 Å². The highest BCUT2D eigenvalue weighted by Gasteiger charge is 2.30. The average molecular weight is 260 g/mol. The molecule has 1 aliphatic heterocycles. The Labute approximate surface area is 91.6 Å². The Balaban J connectivity index is 2.01. The van der Waals surface area contributed by atoms with Crippen molar-refractivity contribution in [1.29, 1.82) is 0 Å². The van der Waals surface area contributed by atoms with Crippen molar-refractivity contribution >= 4 is 15.9 Å². The summed E-state index contributed by atoms with van der Waals surface area (Å²) in [4.78, 5) is 0. The lowest BCUT2D eigenvalue weighted by Crippen LogP contribution is -2.47. The van der Waals surface area contributed by atoms with Crippen molar-refractivity contribution in [3.05, 3.63) is 22.6 Å². The summed E-state index contributed by atoms with van der Waals surface area (Å²) in [6, 6.07) is 1.91. The first-order valence-corrected chi connectivity index (χ1v) is 5.63. The first-order chi connectivity index (χ1) is 6.68. The molecule has 0 radical (unpaired) electrons. The van der Waals surface area contributed by atoms with E-state index in [2.05, 4.69) is 21.2 Å². The molecule has 0 amide bonds. The van der Waals surface area contributed by atoms with Crippen molar-refractivity contribution in [3.63, 3.8) is 0 Å². The molecule has 0 saturated carbocycles. The van der Waals surface area contributed by atoms with Crippen LogP contribution in [-0.4, -0.2) is 23.8 Å². The summed E-state index contributed by atoms with van der Waals surface area (Å²) in [6.07, 6.45) is 4.11. The number of β-amino-alcohol motifs (C(OH)–C–C–N with tert-alkyl or cyclic N) is 1. The van der Waals surface area contributed by atoms with Crippen LogP contribution >= 0.6 is 15.9 Å². The van der Waals surface area contributed by atoms with Crippen LogP contribution in [0.15, 0.2) is 21.2 Å². The summed E-state index contributed by atoms with van der Waals surface area (Å²) < 4.78 is 6.23. The molecule has 1 fully saturated rings. The smallest absolute Gasteiger partial charge is 0.107 e. The molecule has 4 heteroatoms. The Morgan fingerprint density at radius 2 is 2.50 bits per heavy atom. The van der Waals surface area contributed by atoms with Crippen molar-refractivity contribution < 1.29 is 9.52 Å². The van der Waals surface area contributed by atoms with Gasteiger partial charge in [-0.25, -0.2) is 0 Å². The van der Waals surface area contributed by atoms with E-state index in [0.717, 1.165) is 29.6 Å². The molecule has 0 spiro atoms. The average Bonchev–Trinajstić information content (AvgIpc) is 2.51. The molecular weight excluding hydrogens is 246 g/mol. The third kappa shape index (κ3) is 2.38. The van der Waals surface area contributed by atoms with Crippen molar-refractivity contribution in [2.75, 3.05) is 13.1 Å². The Morgan fingerprint density at radius 1 is 1.64 bits per heavy atom. The Hall–Kier alpha value is -0.320. The standard InChI is InChI=1S/C10H14BrNO2/c11-8-4-9(14-6-8)5-10(13)2-1-3-12-7-10/h4,6,12-13H,1-3,5,7H2. The van der Waals surface area contributed by atoms with E-state index < -0.39 is 5.60 Å². The number of hydrogen-bond acceptors (Lipinski definition) is 3. The van der Waals surface area contributed by atoms with Gasteiger partial charge in [0.1, 0.15) is 12.0 Å². The van der Waals surface area contributed by atoms with Crippen molar-refractivity contribution in [2.24, 2.45) is 0 Å². The molecule has 78 valence electrons. The lowest BCUT2D eigenvalue weighted by Gasteiger charge is -2.31. The number of aliphatic hydroxyl groups is 1. The van der Waals surface area contributed by atoms with Gasteiger partial charge in [-0.1, -0.05) is 0 Å². The predicted molar refractivity (Wildman–Crippen MR) is 57.2 cm³/mol. The van der Waals surface area contributed by atoms with Crippen LogP contribution in [0.4, 0.5) is 0 Å². The number of furan rings is 1. The highest BCUT2D eigenvalue weighted by Crippen LogP contribution is 2.23. The second kappa shape index (κ2) is 4.04. The SMILES string of the molecule is OC1(Cc2cc(Br)co2)CCCNC1. The van der Waals surface area contributed by atoms with Gasteiger partial charge in [-0.3, -0.25) is 0 Å². The summed E-state index contributed by atoms with van der Waals surface area (Å²) in [5, 5.41) is 13.4. The summed E-state index contributed by atoms with van der Waals surface area (Å²) in [5.41, 5.74) is -0.629. The highest BCUT2D eigenvalue weighted by atomic mass is 79.9. The van der Waals surface area contributed by atoms with E-state index in [1.165, 1.54) is 0 Å². The number of nitrogens with one attached hydrogen (secondary N) is 1. The quantitative estimate of drug-likeness (QED) is 0.850. The van der Waals surface area contributed by atoms with Crippen molar-refractivity contribution in [1.82, 2.24) is 5.32 Å². The molecule has 1 aliphatic rings. The van der Waals surface area contributed by atoms with E-state index in [1.54, 1.807) is 6.26 Å². The topological polar surface area (TPSA) is 45.4 Å². The summed E-state index contributed by atoms with van der Waals surface area (Å²) in [6.45, 7) is 1.66. The van der Waals surface area contributed by atoms with Crippen molar-refractivity contribution in [2.45, 2.75) is 24.9 Å². The van der Waals surface area contributed by atoms with Gasteiger partial charge in [-0.05, 0) is 41.4 Å². The molecule has 3 nitrogen and oxygen atoms in total. The molecule has 1 aromatic heterocycles. The lowest BCUT2D eigenvalue weighted by molar-refractivity contribution is 0.0126. The fraction of sp³-hybridized carbons (Fsp3) is 0.600. The van der Waals surface area contributed by atoms with E-state index in [-0.39, 0.29) is 0 Å². The largest absolute Gasteiger partial charge is 0.468 e. The van der Waals surface area contributed by atoms with Crippen LogP contribution in [0.1, 0.15) is 18.6 Å². The number of halogens is 1. The van der Waals surface area contributed by atoms with Crippen LogP contribution in [-0.2, 0) is 6.42 Å². The van der Waals surface area contributed by atoms with Gasteiger partial charge in [0.2, 0.25) is 0 Å². The zero-order valence-electron chi connectivity index (χ0n) is 7.92. The number of piperidine rings is 1. The van der Waals surface area contributed by atoms with Gasteiger partial charge in [-0.2, -0.15) is 0 Å². The molecule has 2 rings (SSSR count). The molecule has 1 atom stereocenters. The molecule has 0 aliphatic carbocycles. The van der Waals surface area contributed by atoms with Gasteiger partial charge in [0.25, 0.3) is 0 Å². The van der Waals surface area contributed by atoms with Crippen LogP contribution in [0.5, 0.6) is 0 Å². The Kier molecular flexibility index (Phi) is 2.95. The molecule has 1 saturated heterocycles. The van der Waals surface area contributed by atoms with Gasteiger partial charge in [-0.15, -0.1) is 0 Å². The molecule has 0 aromatic carbocycles. The van der Waals surface area contributed by atoms with Crippen LogP contribution in [0.3, 0.4) is 0 Å². The first kappa shape index (κ1) is 10.2. The molecule has 1 aromatic rings. The van der Waals surface area contributed by atoms with E-state index in [1.807, 2.05) is 6.07 Å². The monoisotopic (exact) mass is 259 g/mol. The maximum atomic E-state index is 10.2. The molecule has 0 bridgehead atoms. The van der Waals surface area contributed by atoms with E-state index in [0.29, 0.717) is 13.0 Å². The molecule has 1 unspecified atom stereocenters. The van der Waals surface area contributed by atoms with Gasteiger partial charge < -0.3 is 14.8 Å². The third-order valence-electron chi connectivity index (χ3n) is 2.57. The van der Waals surface area contributed by atoms with Gasteiger partial charge in [0, 0.05) is 13.0 Å². The maximum Gasteiger partial charge on any atom is 0.107 e. The number of rotatable bonds is 2. The minimum Gasteiger partial charge on any atom is -0.468 e. The molecule has 2 N–H and O–H groups in total. The minimum absolute atomic E-state index is 0.589. The normalized spacial score (nSPS) is 27.9. The maximum absolute atomic E-state index is 10.2. The molecular formula is C10H14BrNO2. The first-order valence-electron chi connectivity index (χ1n) is 4.84.